The van der Waals surface area contributed by atoms with Crippen LogP contribution in [0.4, 0.5) is 0 Å². The molecule has 0 aromatic carbocycles. The van der Waals surface area contributed by atoms with Crippen LogP contribution < -0.4 is 0 Å². The first-order valence-electron chi connectivity index (χ1n) is 1.38. The summed E-state index contributed by atoms with van der Waals surface area (Å²) in [6.07, 6.45) is 0. The van der Waals surface area contributed by atoms with E-state index in [0.29, 0.717) is 0 Å². The molecular formula is C2H4Cl3NSi. The van der Waals surface area contributed by atoms with Gasteiger partial charge in [-0.2, -0.15) is 5.26 Å². The van der Waals surface area contributed by atoms with E-state index in [-0.39, 0.29) is 0 Å². The summed E-state index contributed by atoms with van der Waals surface area (Å²) in [4.78, 5) is 0. The molecule has 0 bridgehead atoms. The Bertz CT molecular complexity index is 55.7. The minimum Gasteiger partial charge on any atom is -0.199 e. The number of halogens is 3. The van der Waals surface area contributed by atoms with Crippen LogP contribution in [-0.2, 0) is 0 Å². The van der Waals surface area contributed by atoms with E-state index in [9.17, 15) is 0 Å². The van der Waals surface area contributed by atoms with Crippen LogP contribution in [0.25, 0.3) is 0 Å². The van der Waals surface area contributed by atoms with Gasteiger partial charge in [0.15, 0.2) is 0 Å². The van der Waals surface area contributed by atoms with Gasteiger partial charge in [0.1, 0.15) is 0 Å². The van der Waals surface area contributed by atoms with Gasteiger partial charge in [-0.15, -0.1) is 33.2 Å². The number of hydrogen-bond acceptors (Lipinski definition) is 1. The fraction of sp³-hybridized carbons (Fsp3) is 0.500. The molecule has 0 atom stereocenters. The van der Waals surface area contributed by atoms with Crippen LogP contribution in [0.1, 0.15) is 6.92 Å². The van der Waals surface area contributed by atoms with Gasteiger partial charge in [-0.25, -0.2) is 0 Å². The molecule has 0 saturated heterocycles. The number of nitrogens with zero attached hydrogens (tertiary/aromatic N) is 1. The second-order valence-electron chi connectivity index (χ2n) is 0.471. The lowest BCUT2D eigenvalue weighted by molar-refractivity contribution is 1.49. The maximum atomic E-state index is 7.32. The minimum atomic E-state index is -1.72. The van der Waals surface area contributed by atoms with Crippen molar-refractivity contribution < 1.29 is 0 Å². The molecule has 0 unspecified atom stereocenters. The van der Waals surface area contributed by atoms with Crippen molar-refractivity contribution in [1.82, 2.24) is 0 Å². The predicted molar refractivity (Wildman–Crippen MR) is 36.0 cm³/mol. The molecule has 1 nitrogen and oxygen atoms in total. The maximum Gasteiger partial charge on any atom is 0.326 e. The van der Waals surface area contributed by atoms with Crippen LogP contribution in [0.3, 0.4) is 0 Å². The van der Waals surface area contributed by atoms with Crippen LogP contribution >= 0.6 is 33.2 Å². The second-order valence-corrected chi connectivity index (χ2v) is 6.90. The van der Waals surface area contributed by atoms with Gasteiger partial charge in [0.05, 0.1) is 6.07 Å². The summed E-state index contributed by atoms with van der Waals surface area (Å²) in [6.45, 7) is -0.292. The van der Waals surface area contributed by atoms with Crippen LogP contribution in [-0.4, -0.2) is 6.73 Å². The lowest BCUT2D eigenvalue weighted by atomic mass is 11.0. The first-order valence-corrected chi connectivity index (χ1v) is 6.62. The number of hydrogen-bond donors (Lipinski definition) is 0. The Morgan fingerprint density at radius 2 is 1.43 bits per heavy atom. The van der Waals surface area contributed by atoms with E-state index in [0.717, 1.165) is 0 Å². The average Bonchev–Trinajstić information content (AvgIpc) is 1.33. The molecular weight excluding hydrogens is 172 g/mol. The summed E-state index contributed by atoms with van der Waals surface area (Å²) >= 11 is 14.8. The summed E-state index contributed by atoms with van der Waals surface area (Å²) < 4.78 is 0. The van der Waals surface area contributed by atoms with Gasteiger partial charge >= 0.3 is 6.73 Å². The quantitative estimate of drug-likeness (QED) is 0.409. The molecule has 0 radical (unpaired) electrons. The van der Waals surface area contributed by atoms with Crippen molar-refractivity contribution in [2.75, 3.05) is 0 Å². The van der Waals surface area contributed by atoms with Crippen molar-refractivity contribution >= 4 is 40.0 Å². The standard InChI is InChI=1S/C2H3N.Cl3HSi/c1-2-3;1-4(2)3/h1H3;4H. The molecule has 7 heavy (non-hydrogen) atoms. The average molecular weight is 177 g/mol. The highest BCUT2D eigenvalue weighted by Gasteiger charge is 1.85. The SMILES string of the molecule is CC#N.Cl[SiH](Cl)Cl. The Labute approximate surface area is 58.5 Å². The lowest BCUT2D eigenvalue weighted by Crippen LogP contribution is -1.66. The molecule has 0 fully saturated rings. The minimum absolute atomic E-state index is 1.43. The smallest absolute Gasteiger partial charge is 0.199 e. The Morgan fingerprint density at radius 3 is 1.43 bits per heavy atom. The fourth-order valence-electron chi connectivity index (χ4n) is 0. The Morgan fingerprint density at radius 1 is 1.43 bits per heavy atom. The zero-order valence-corrected chi connectivity index (χ0v) is 7.08. The van der Waals surface area contributed by atoms with Crippen molar-refractivity contribution in [1.29, 1.82) is 5.26 Å². The third-order valence-corrected chi connectivity index (χ3v) is 0. The van der Waals surface area contributed by atoms with Gasteiger partial charge in [0.2, 0.25) is 0 Å². The molecule has 0 amide bonds. The van der Waals surface area contributed by atoms with Crippen molar-refractivity contribution in [3.63, 3.8) is 0 Å². The molecule has 5 heteroatoms. The highest BCUT2D eigenvalue weighted by Crippen LogP contribution is 1.97. The van der Waals surface area contributed by atoms with E-state index in [4.69, 9.17) is 38.5 Å². The van der Waals surface area contributed by atoms with Crippen LogP contribution in [0.5, 0.6) is 0 Å². The third-order valence-electron chi connectivity index (χ3n) is 0. The predicted octanol–water partition coefficient (Wildman–Crippen LogP) is 1.95. The summed E-state index contributed by atoms with van der Waals surface area (Å²) in [5.41, 5.74) is 0. The monoisotopic (exact) mass is 175 g/mol. The molecule has 0 heterocycles. The van der Waals surface area contributed by atoms with Gasteiger partial charge in [0.25, 0.3) is 0 Å². The first kappa shape index (κ1) is 10.5. The summed E-state index contributed by atoms with van der Waals surface area (Å²) in [5, 5.41) is 7.32. The van der Waals surface area contributed by atoms with Crippen LogP contribution in [0.2, 0.25) is 0 Å². The van der Waals surface area contributed by atoms with Gasteiger partial charge in [-0.3, -0.25) is 0 Å². The fourth-order valence-corrected chi connectivity index (χ4v) is 0. The summed E-state index contributed by atoms with van der Waals surface area (Å²) in [7, 11) is 0. The molecule has 0 rings (SSSR count). The van der Waals surface area contributed by atoms with Gasteiger partial charge in [-0.1, -0.05) is 0 Å². The first-order chi connectivity index (χ1) is 3.15. The van der Waals surface area contributed by atoms with Gasteiger partial charge < -0.3 is 0 Å². The zero-order chi connectivity index (χ0) is 6.28. The number of rotatable bonds is 0. The van der Waals surface area contributed by atoms with Gasteiger partial charge in [-0.05, 0) is 0 Å². The molecule has 42 valence electrons. The molecule has 0 aromatic heterocycles. The van der Waals surface area contributed by atoms with Crippen molar-refractivity contribution in [2.45, 2.75) is 6.92 Å². The molecule has 0 saturated carbocycles. The topological polar surface area (TPSA) is 23.8 Å². The highest BCUT2D eigenvalue weighted by molar-refractivity contribution is 7.54. The molecule has 0 aliphatic rings. The largest absolute Gasteiger partial charge is 0.326 e. The van der Waals surface area contributed by atoms with E-state index in [1.807, 2.05) is 0 Å². The Hall–Kier alpha value is 0.577. The maximum absolute atomic E-state index is 7.32. The van der Waals surface area contributed by atoms with Crippen molar-refractivity contribution in [3.05, 3.63) is 0 Å². The molecule has 0 spiro atoms. The van der Waals surface area contributed by atoms with E-state index in [1.165, 1.54) is 6.92 Å². The Balaban J connectivity index is 0. The second kappa shape index (κ2) is 9.76. The Kier molecular flexibility index (Phi) is 14.7. The summed E-state index contributed by atoms with van der Waals surface area (Å²) in [6, 6.07) is 1.75. The normalized spacial score (nSPS) is 6.29. The van der Waals surface area contributed by atoms with E-state index in [1.54, 1.807) is 6.07 Å². The van der Waals surface area contributed by atoms with E-state index >= 15 is 0 Å². The van der Waals surface area contributed by atoms with Crippen LogP contribution in [0.15, 0.2) is 0 Å². The lowest BCUT2D eigenvalue weighted by Gasteiger charge is -1.65. The van der Waals surface area contributed by atoms with Gasteiger partial charge in [0, 0.05) is 6.92 Å². The van der Waals surface area contributed by atoms with Crippen LogP contribution in [0, 0.1) is 11.3 Å². The molecule has 0 aliphatic heterocycles. The molecule has 0 N–H and O–H groups in total. The van der Waals surface area contributed by atoms with Crippen molar-refractivity contribution in [3.8, 4) is 6.07 Å². The van der Waals surface area contributed by atoms with E-state index in [2.05, 4.69) is 0 Å². The zero-order valence-electron chi connectivity index (χ0n) is 3.66. The number of nitriles is 1. The third kappa shape index (κ3) is 414. The molecule has 0 aromatic rings. The molecule has 0 aliphatic carbocycles. The van der Waals surface area contributed by atoms with E-state index < -0.39 is 6.73 Å². The van der Waals surface area contributed by atoms with Crippen molar-refractivity contribution in [2.24, 2.45) is 0 Å². The highest BCUT2D eigenvalue weighted by atomic mass is 35.8. The summed E-state index contributed by atoms with van der Waals surface area (Å²) in [5.74, 6) is 0.